The molecule has 0 bridgehead atoms. The Morgan fingerprint density at radius 3 is 2.34 bits per heavy atom. The van der Waals surface area contributed by atoms with Crippen LogP contribution in [0.25, 0.3) is 0 Å². The van der Waals surface area contributed by atoms with E-state index < -0.39 is 5.72 Å². The van der Waals surface area contributed by atoms with Gasteiger partial charge in [-0.1, -0.05) is 29.8 Å². The average molecular weight is 392 g/mol. The molecule has 1 fully saturated rings. The second-order valence-corrected chi connectivity index (χ2v) is 7.53. The molecule has 0 aromatic heterocycles. The van der Waals surface area contributed by atoms with Crippen LogP contribution in [0.2, 0.25) is 0 Å². The van der Waals surface area contributed by atoms with E-state index in [-0.39, 0.29) is 11.8 Å². The first-order chi connectivity index (χ1) is 13.9. The zero-order valence-corrected chi connectivity index (χ0v) is 16.6. The maximum atomic E-state index is 12.8. The van der Waals surface area contributed by atoms with Crippen LogP contribution in [0, 0.1) is 6.92 Å². The Morgan fingerprint density at radius 1 is 1.07 bits per heavy atom. The Labute approximate surface area is 169 Å². The molecule has 1 spiro atoms. The van der Waals surface area contributed by atoms with Crippen LogP contribution in [0.1, 0.15) is 41.3 Å². The first-order valence-electron chi connectivity index (χ1n) is 9.72. The number of hydrogen-bond acceptors (Lipinski definition) is 5. The number of amidine groups is 1. The number of likely N-dealkylation sites (tertiary alicyclic amines) is 1. The van der Waals surface area contributed by atoms with Crippen LogP contribution in [-0.4, -0.2) is 41.4 Å². The molecule has 2 aromatic carbocycles. The molecule has 7 nitrogen and oxygen atoms in total. The van der Waals surface area contributed by atoms with Gasteiger partial charge in [0.05, 0.1) is 0 Å². The van der Waals surface area contributed by atoms with Gasteiger partial charge in [-0.25, -0.2) is 15.3 Å². The minimum Gasteiger partial charge on any atom is -0.338 e. The summed E-state index contributed by atoms with van der Waals surface area (Å²) in [6.45, 7) is 4.64. The van der Waals surface area contributed by atoms with Crippen molar-refractivity contribution >= 4 is 23.3 Å². The van der Waals surface area contributed by atoms with Gasteiger partial charge in [0.15, 0.2) is 11.6 Å². The number of piperidine rings is 1. The van der Waals surface area contributed by atoms with E-state index in [1.807, 2.05) is 36.1 Å². The number of hydroxylamine groups is 1. The maximum Gasteiger partial charge on any atom is 0.253 e. The number of carbonyl (C=O) groups excluding carboxylic acids is 2. The van der Waals surface area contributed by atoms with Crippen molar-refractivity contribution < 1.29 is 14.4 Å². The van der Waals surface area contributed by atoms with Gasteiger partial charge >= 0.3 is 0 Å². The summed E-state index contributed by atoms with van der Waals surface area (Å²) in [6, 6.07) is 15.1. The molecule has 0 saturated carbocycles. The molecule has 7 heteroatoms. The first-order valence-corrected chi connectivity index (χ1v) is 9.72. The number of aryl methyl sites for hydroxylation is 1. The van der Waals surface area contributed by atoms with Crippen molar-refractivity contribution in [3.8, 4) is 0 Å². The van der Waals surface area contributed by atoms with Crippen molar-refractivity contribution in [3.63, 3.8) is 0 Å². The quantitative estimate of drug-likeness (QED) is 0.841. The minimum absolute atomic E-state index is 0.0251. The van der Waals surface area contributed by atoms with Gasteiger partial charge < -0.3 is 10.2 Å². The van der Waals surface area contributed by atoms with Gasteiger partial charge in [-0.15, -0.1) is 0 Å². The van der Waals surface area contributed by atoms with Crippen LogP contribution >= 0.6 is 0 Å². The molecule has 2 aliphatic rings. The lowest BCUT2D eigenvalue weighted by Gasteiger charge is -2.35. The summed E-state index contributed by atoms with van der Waals surface area (Å²) in [5.41, 5.74) is 5.81. The SMILES string of the molecule is CC(=O)Nc1ccc(C(=O)N2CCC3(CC2)N=C(c2ccc(C)cc2)NO3)cc1. The Morgan fingerprint density at radius 2 is 1.72 bits per heavy atom. The van der Waals surface area contributed by atoms with Gasteiger partial charge in [-0.05, 0) is 31.2 Å². The number of nitrogens with one attached hydrogen (secondary N) is 2. The van der Waals surface area contributed by atoms with Crippen molar-refractivity contribution in [3.05, 3.63) is 65.2 Å². The molecule has 0 atom stereocenters. The fraction of sp³-hybridized carbons (Fsp3) is 0.318. The third kappa shape index (κ3) is 4.14. The number of amides is 2. The van der Waals surface area contributed by atoms with Gasteiger partial charge in [-0.3, -0.25) is 9.59 Å². The number of anilines is 1. The molecule has 0 aliphatic carbocycles. The summed E-state index contributed by atoms with van der Waals surface area (Å²) in [6.07, 6.45) is 1.26. The molecular formula is C22H24N4O3. The zero-order valence-electron chi connectivity index (χ0n) is 16.6. The lowest BCUT2D eigenvalue weighted by atomic mass is 10.00. The summed E-state index contributed by atoms with van der Waals surface area (Å²) in [5, 5.41) is 2.70. The monoisotopic (exact) mass is 392 g/mol. The van der Waals surface area contributed by atoms with Crippen molar-refractivity contribution in [1.82, 2.24) is 10.4 Å². The van der Waals surface area contributed by atoms with E-state index in [4.69, 9.17) is 9.83 Å². The van der Waals surface area contributed by atoms with Gasteiger partial charge in [0.25, 0.3) is 5.91 Å². The molecule has 4 rings (SSSR count). The fourth-order valence-electron chi connectivity index (χ4n) is 3.58. The molecule has 2 amide bonds. The van der Waals surface area contributed by atoms with Crippen LogP contribution < -0.4 is 10.8 Å². The summed E-state index contributed by atoms with van der Waals surface area (Å²) in [7, 11) is 0. The average Bonchev–Trinajstić information content (AvgIpc) is 3.12. The van der Waals surface area contributed by atoms with Crippen molar-refractivity contribution in [2.75, 3.05) is 18.4 Å². The van der Waals surface area contributed by atoms with E-state index >= 15 is 0 Å². The molecule has 2 heterocycles. The highest BCUT2D eigenvalue weighted by Gasteiger charge is 2.41. The molecule has 0 radical (unpaired) electrons. The number of nitrogens with zero attached hydrogens (tertiary/aromatic N) is 2. The molecule has 2 aromatic rings. The van der Waals surface area contributed by atoms with E-state index in [2.05, 4.69) is 10.8 Å². The van der Waals surface area contributed by atoms with Crippen molar-refractivity contribution in [2.24, 2.45) is 4.99 Å². The van der Waals surface area contributed by atoms with Gasteiger partial charge in [0, 0.05) is 49.7 Å². The van der Waals surface area contributed by atoms with E-state index in [9.17, 15) is 9.59 Å². The highest BCUT2D eigenvalue weighted by molar-refractivity contribution is 5.99. The van der Waals surface area contributed by atoms with Crippen molar-refractivity contribution in [2.45, 2.75) is 32.4 Å². The number of hydrogen-bond donors (Lipinski definition) is 2. The molecule has 150 valence electrons. The number of aliphatic imine (C=N–C) groups is 1. The molecule has 0 unspecified atom stereocenters. The van der Waals surface area contributed by atoms with E-state index in [1.54, 1.807) is 24.3 Å². The van der Waals surface area contributed by atoms with Crippen molar-refractivity contribution in [1.29, 1.82) is 0 Å². The van der Waals surface area contributed by atoms with E-state index in [1.165, 1.54) is 12.5 Å². The lowest BCUT2D eigenvalue weighted by Crippen LogP contribution is -2.46. The molecular weight excluding hydrogens is 368 g/mol. The number of benzene rings is 2. The highest BCUT2D eigenvalue weighted by Crippen LogP contribution is 2.31. The molecule has 1 saturated heterocycles. The molecule has 29 heavy (non-hydrogen) atoms. The van der Waals surface area contributed by atoms with E-state index in [0.717, 1.165) is 11.4 Å². The number of carbonyl (C=O) groups is 2. The summed E-state index contributed by atoms with van der Waals surface area (Å²) >= 11 is 0. The maximum absolute atomic E-state index is 12.8. The predicted octanol–water partition coefficient (Wildman–Crippen LogP) is 2.87. The third-order valence-corrected chi connectivity index (χ3v) is 5.26. The van der Waals surface area contributed by atoms with Crippen LogP contribution in [0.5, 0.6) is 0 Å². The summed E-state index contributed by atoms with van der Waals surface area (Å²) in [5.74, 6) is 0.572. The summed E-state index contributed by atoms with van der Waals surface area (Å²) in [4.78, 5) is 36.4. The fourth-order valence-corrected chi connectivity index (χ4v) is 3.58. The predicted molar refractivity (Wildman–Crippen MR) is 111 cm³/mol. The topological polar surface area (TPSA) is 83.0 Å². The zero-order chi connectivity index (χ0) is 20.4. The number of rotatable bonds is 3. The normalized spacial score (nSPS) is 17.6. The van der Waals surface area contributed by atoms with Crippen LogP contribution in [0.15, 0.2) is 53.5 Å². The van der Waals surface area contributed by atoms with Crippen LogP contribution in [0.4, 0.5) is 5.69 Å². The van der Waals surface area contributed by atoms with Gasteiger partial charge in [0.2, 0.25) is 5.91 Å². The Balaban J connectivity index is 1.39. The van der Waals surface area contributed by atoms with Crippen LogP contribution in [0.3, 0.4) is 0 Å². The second kappa shape index (κ2) is 7.67. The van der Waals surface area contributed by atoms with E-state index in [0.29, 0.717) is 37.2 Å². The minimum atomic E-state index is -0.619. The van der Waals surface area contributed by atoms with Gasteiger partial charge in [0.1, 0.15) is 0 Å². The molecule has 2 aliphatic heterocycles. The Kier molecular flexibility index (Phi) is 5.07. The lowest BCUT2D eigenvalue weighted by molar-refractivity contribution is -0.114. The first kappa shape index (κ1) is 19.1. The molecule has 2 N–H and O–H groups in total. The Hall–Kier alpha value is -3.19. The highest BCUT2D eigenvalue weighted by atomic mass is 16.7. The standard InChI is InChI=1S/C22H24N4O3/c1-15-3-5-17(6-4-15)20-24-22(29-25-20)11-13-26(14-12-22)21(28)18-7-9-19(10-8-18)23-16(2)27/h3-10H,11-14H2,1-2H3,(H,23,27)(H,24,25). The smallest absolute Gasteiger partial charge is 0.253 e. The second-order valence-electron chi connectivity index (χ2n) is 7.53. The Bertz CT molecular complexity index is 943. The summed E-state index contributed by atoms with van der Waals surface area (Å²) < 4.78 is 0. The third-order valence-electron chi connectivity index (χ3n) is 5.26. The van der Waals surface area contributed by atoms with Crippen LogP contribution in [-0.2, 0) is 9.63 Å². The largest absolute Gasteiger partial charge is 0.338 e. The van der Waals surface area contributed by atoms with Gasteiger partial charge in [-0.2, -0.15) is 0 Å².